The highest BCUT2D eigenvalue weighted by Gasteiger charge is 2.13. The zero-order valence-corrected chi connectivity index (χ0v) is 14.7. The quantitative estimate of drug-likeness (QED) is 0.773. The van der Waals surface area contributed by atoms with Gasteiger partial charge in [0.25, 0.3) is 11.8 Å². The summed E-state index contributed by atoms with van der Waals surface area (Å²) in [5, 5.41) is 0.437. The Labute approximate surface area is 151 Å². The van der Waals surface area contributed by atoms with Crippen molar-refractivity contribution in [3.63, 3.8) is 0 Å². The fourth-order valence-electron chi connectivity index (χ4n) is 2.08. The molecule has 2 rings (SSSR count). The summed E-state index contributed by atoms with van der Waals surface area (Å²) >= 11 is 5.84. The lowest BCUT2D eigenvalue weighted by Crippen LogP contribution is -2.41. The summed E-state index contributed by atoms with van der Waals surface area (Å²) in [5.74, 6) is 0.0910. The first kappa shape index (κ1) is 18.6. The smallest absolute Gasteiger partial charge is 0.269 e. The van der Waals surface area contributed by atoms with Gasteiger partial charge in [0.2, 0.25) is 0 Å². The third kappa shape index (κ3) is 5.12. The molecule has 25 heavy (non-hydrogen) atoms. The van der Waals surface area contributed by atoms with Gasteiger partial charge in [-0.3, -0.25) is 20.4 Å². The number of amides is 2. The maximum atomic E-state index is 12.2. The fourth-order valence-corrected chi connectivity index (χ4v) is 2.27. The number of rotatable bonds is 6. The summed E-state index contributed by atoms with van der Waals surface area (Å²) in [6.45, 7) is 4.63. The molecule has 132 valence electrons. The van der Waals surface area contributed by atoms with Crippen LogP contribution in [0.5, 0.6) is 11.5 Å². The molecule has 0 aliphatic carbocycles. The molecule has 0 saturated carbocycles. The molecule has 0 heterocycles. The Bertz CT molecular complexity index is 764. The van der Waals surface area contributed by atoms with Gasteiger partial charge >= 0.3 is 0 Å². The van der Waals surface area contributed by atoms with Crippen LogP contribution >= 0.6 is 11.6 Å². The lowest BCUT2D eigenvalue weighted by molar-refractivity contribution is 0.0846. The minimum atomic E-state index is -0.473. The van der Waals surface area contributed by atoms with E-state index < -0.39 is 11.8 Å². The first-order valence-electron chi connectivity index (χ1n) is 7.81. The van der Waals surface area contributed by atoms with E-state index in [1.54, 1.807) is 36.4 Å². The molecule has 2 aromatic carbocycles. The lowest BCUT2D eigenvalue weighted by Gasteiger charge is -2.13. The summed E-state index contributed by atoms with van der Waals surface area (Å²) in [6.07, 6.45) is 0. The predicted octanol–water partition coefficient (Wildman–Crippen LogP) is 3.21. The topological polar surface area (TPSA) is 76.7 Å². The molecule has 0 aromatic heterocycles. The molecule has 0 bridgehead atoms. The molecular weight excluding hydrogens is 344 g/mol. The third-order valence-electron chi connectivity index (χ3n) is 3.18. The molecule has 0 unspecified atom stereocenters. The van der Waals surface area contributed by atoms with Crippen molar-refractivity contribution in [2.45, 2.75) is 13.8 Å². The van der Waals surface area contributed by atoms with E-state index in [1.807, 2.05) is 13.8 Å². The van der Waals surface area contributed by atoms with E-state index in [-0.39, 0.29) is 0 Å². The lowest BCUT2D eigenvalue weighted by atomic mass is 10.2. The molecule has 0 saturated heterocycles. The summed E-state index contributed by atoms with van der Waals surface area (Å²) in [4.78, 5) is 24.2. The second-order valence-corrected chi connectivity index (χ2v) is 5.38. The average Bonchev–Trinajstić information content (AvgIpc) is 2.61. The minimum Gasteiger partial charge on any atom is -0.490 e. The Hall–Kier alpha value is -2.73. The Morgan fingerprint density at radius 1 is 0.880 bits per heavy atom. The number of carbonyl (C=O) groups is 2. The van der Waals surface area contributed by atoms with Crippen LogP contribution in [0.1, 0.15) is 34.6 Å². The van der Waals surface area contributed by atoms with E-state index in [4.69, 9.17) is 21.1 Å². The van der Waals surface area contributed by atoms with E-state index in [1.165, 1.54) is 6.07 Å². The van der Waals surface area contributed by atoms with Crippen LogP contribution in [0.3, 0.4) is 0 Å². The van der Waals surface area contributed by atoms with Crippen LogP contribution in [0, 0.1) is 0 Å². The molecule has 0 fully saturated rings. The van der Waals surface area contributed by atoms with Crippen LogP contribution in [0.25, 0.3) is 0 Å². The minimum absolute atomic E-state index is 0.332. The Morgan fingerprint density at radius 3 is 2.08 bits per heavy atom. The highest BCUT2D eigenvalue weighted by Crippen LogP contribution is 2.28. The maximum Gasteiger partial charge on any atom is 0.269 e. The predicted molar refractivity (Wildman–Crippen MR) is 95.2 cm³/mol. The van der Waals surface area contributed by atoms with Gasteiger partial charge in [-0.25, -0.2) is 0 Å². The number of benzene rings is 2. The number of ether oxygens (including phenoxy) is 2. The van der Waals surface area contributed by atoms with E-state index in [2.05, 4.69) is 10.9 Å². The van der Waals surface area contributed by atoms with Gasteiger partial charge in [-0.1, -0.05) is 17.7 Å². The molecule has 2 aromatic rings. The molecule has 6 nitrogen and oxygen atoms in total. The van der Waals surface area contributed by atoms with Gasteiger partial charge in [-0.05, 0) is 50.2 Å². The van der Waals surface area contributed by atoms with E-state index >= 15 is 0 Å². The van der Waals surface area contributed by atoms with Crippen LogP contribution in [0.15, 0.2) is 42.5 Å². The monoisotopic (exact) mass is 362 g/mol. The van der Waals surface area contributed by atoms with Crippen molar-refractivity contribution in [2.75, 3.05) is 13.2 Å². The largest absolute Gasteiger partial charge is 0.490 e. The van der Waals surface area contributed by atoms with Crippen LogP contribution in [-0.2, 0) is 0 Å². The van der Waals surface area contributed by atoms with Crippen molar-refractivity contribution >= 4 is 23.4 Å². The summed E-state index contributed by atoms with van der Waals surface area (Å²) < 4.78 is 10.9. The van der Waals surface area contributed by atoms with Gasteiger partial charge in [0.15, 0.2) is 11.5 Å². The summed E-state index contributed by atoms with van der Waals surface area (Å²) in [7, 11) is 0. The number of nitrogens with one attached hydrogen (secondary N) is 2. The third-order valence-corrected chi connectivity index (χ3v) is 3.42. The molecule has 0 atom stereocenters. The molecule has 2 N–H and O–H groups in total. The molecule has 0 aliphatic heterocycles. The van der Waals surface area contributed by atoms with Crippen LogP contribution < -0.4 is 20.3 Å². The van der Waals surface area contributed by atoms with Crippen molar-refractivity contribution < 1.29 is 19.1 Å². The zero-order chi connectivity index (χ0) is 18.2. The Morgan fingerprint density at radius 2 is 1.48 bits per heavy atom. The summed E-state index contributed by atoms with van der Waals surface area (Å²) in [6, 6.07) is 11.2. The molecular formula is C18H19ClN2O4. The van der Waals surface area contributed by atoms with Crippen LogP contribution in [0.4, 0.5) is 0 Å². The van der Waals surface area contributed by atoms with Crippen molar-refractivity contribution in [2.24, 2.45) is 0 Å². The van der Waals surface area contributed by atoms with Crippen molar-refractivity contribution in [1.29, 1.82) is 0 Å². The van der Waals surface area contributed by atoms with Gasteiger partial charge in [0, 0.05) is 16.1 Å². The molecule has 0 radical (unpaired) electrons. The van der Waals surface area contributed by atoms with Crippen molar-refractivity contribution in [1.82, 2.24) is 10.9 Å². The highest BCUT2D eigenvalue weighted by molar-refractivity contribution is 6.30. The standard InChI is InChI=1S/C18H19ClN2O4/c1-3-24-15-9-8-13(11-16(15)25-4-2)18(23)21-20-17(22)12-6-5-7-14(19)10-12/h5-11H,3-4H2,1-2H3,(H,20,22)(H,21,23). The van der Waals surface area contributed by atoms with Crippen molar-refractivity contribution in [3.05, 3.63) is 58.6 Å². The van der Waals surface area contributed by atoms with Gasteiger partial charge < -0.3 is 9.47 Å². The molecule has 2 amide bonds. The summed E-state index contributed by atoms with van der Waals surface area (Å²) in [5.41, 5.74) is 5.38. The first-order valence-corrected chi connectivity index (χ1v) is 8.18. The van der Waals surface area contributed by atoms with Gasteiger partial charge in [-0.15, -0.1) is 0 Å². The van der Waals surface area contributed by atoms with Gasteiger partial charge in [-0.2, -0.15) is 0 Å². The van der Waals surface area contributed by atoms with Crippen molar-refractivity contribution in [3.8, 4) is 11.5 Å². The molecule has 7 heteroatoms. The van der Waals surface area contributed by atoms with Gasteiger partial charge in [0.1, 0.15) is 0 Å². The number of halogens is 1. The number of hydrogen-bond acceptors (Lipinski definition) is 4. The number of hydrazine groups is 1. The average molecular weight is 363 g/mol. The zero-order valence-electron chi connectivity index (χ0n) is 14.0. The second kappa shape index (κ2) is 8.94. The Balaban J connectivity index is 2.05. The molecule has 0 aliphatic rings. The number of carbonyl (C=O) groups excluding carboxylic acids is 2. The van der Waals surface area contributed by atoms with Crippen LogP contribution in [0.2, 0.25) is 5.02 Å². The Kier molecular flexibility index (Phi) is 6.65. The molecule has 0 spiro atoms. The van der Waals surface area contributed by atoms with Crippen LogP contribution in [-0.4, -0.2) is 25.0 Å². The van der Waals surface area contributed by atoms with E-state index in [0.29, 0.717) is 40.9 Å². The fraction of sp³-hybridized carbons (Fsp3) is 0.222. The normalized spacial score (nSPS) is 10.0. The highest BCUT2D eigenvalue weighted by atomic mass is 35.5. The second-order valence-electron chi connectivity index (χ2n) is 4.95. The maximum absolute atomic E-state index is 12.2. The number of hydrogen-bond donors (Lipinski definition) is 2. The first-order chi connectivity index (χ1) is 12.0. The van der Waals surface area contributed by atoms with E-state index in [9.17, 15) is 9.59 Å². The van der Waals surface area contributed by atoms with E-state index in [0.717, 1.165) is 0 Å². The van der Waals surface area contributed by atoms with Gasteiger partial charge in [0.05, 0.1) is 13.2 Å². The SMILES string of the molecule is CCOc1ccc(C(=O)NNC(=O)c2cccc(Cl)c2)cc1OCC.